The van der Waals surface area contributed by atoms with Crippen LogP contribution in [0.3, 0.4) is 0 Å². The molecule has 0 amide bonds. The number of anilines is 1. The fraction of sp³-hybridized carbons (Fsp3) is 0.643. The van der Waals surface area contributed by atoms with E-state index >= 15 is 0 Å². The van der Waals surface area contributed by atoms with Gasteiger partial charge < -0.3 is 10.4 Å². The van der Waals surface area contributed by atoms with Crippen LogP contribution in [0.25, 0.3) is 0 Å². The van der Waals surface area contributed by atoms with Gasteiger partial charge >= 0.3 is 0 Å². The van der Waals surface area contributed by atoms with E-state index in [1.165, 1.54) is 12.0 Å². The second kappa shape index (κ2) is 6.16. The topological polar surface area (TPSA) is 48.4 Å². The fourth-order valence-electron chi connectivity index (χ4n) is 2.69. The van der Waals surface area contributed by atoms with E-state index in [-0.39, 0.29) is 6.61 Å². The number of aliphatic hydroxyl groups excluding tert-OH is 1. The van der Waals surface area contributed by atoms with Crippen LogP contribution < -0.4 is 5.32 Å². The third-order valence-electron chi connectivity index (χ3n) is 3.79. The van der Waals surface area contributed by atoms with E-state index in [0.29, 0.717) is 12.0 Å². The summed E-state index contributed by atoms with van der Waals surface area (Å²) >= 11 is 0. The van der Waals surface area contributed by atoms with Gasteiger partial charge in [0, 0.05) is 30.9 Å². The maximum Gasteiger partial charge on any atom is 0.130 e. The van der Waals surface area contributed by atoms with E-state index in [1.807, 2.05) is 12.3 Å². The molecule has 0 aromatic carbocycles. The Bertz CT molecular complexity index is 383. The predicted molar refractivity (Wildman–Crippen MR) is 73.5 cm³/mol. The summed E-state index contributed by atoms with van der Waals surface area (Å²) in [6.45, 7) is 7.35. The van der Waals surface area contributed by atoms with Crippen molar-refractivity contribution >= 4 is 5.82 Å². The lowest BCUT2D eigenvalue weighted by molar-refractivity contribution is 0.134. The van der Waals surface area contributed by atoms with Gasteiger partial charge in [0.15, 0.2) is 0 Å². The number of aliphatic hydroxyl groups is 1. The van der Waals surface area contributed by atoms with Gasteiger partial charge in [0.2, 0.25) is 0 Å². The first-order valence-corrected chi connectivity index (χ1v) is 6.79. The van der Waals surface area contributed by atoms with Gasteiger partial charge in [-0.15, -0.1) is 0 Å². The summed E-state index contributed by atoms with van der Waals surface area (Å²) in [5, 5.41) is 12.8. The van der Waals surface area contributed by atoms with Crippen LogP contribution in [-0.2, 0) is 6.54 Å². The van der Waals surface area contributed by atoms with Gasteiger partial charge in [0.1, 0.15) is 5.82 Å². The molecular formula is C14H23N3O. The normalized spacial score (nSPS) is 24.4. The lowest BCUT2D eigenvalue weighted by Crippen LogP contribution is -2.34. The molecule has 1 fully saturated rings. The van der Waals surface area contributed by atoms with Crippen molar-refractivity contribution < 1.29 is 5.11 Å². The van der Waals surface area contributed by atoms with Crippen molar-refractivity contribution in [3.05, 3.63) is 23.9 Å². The fourth-order valence-corrected chi connectivity index (χ4v) is 2.69. The van der Waals surface area contributed by atoms with Gasteiger partial charge in [-0.1, -0.05) is 13.0 Å². The third-order valence-corrected chi connectivity index (χ3v) is 3.79. The molecule has 100 valence electrons. The number of hydrogen-bond acceptors (Lipinski definition) is 4. The zero-order chi connectivity index (χ0) is 13.0. The number of hydrogen-bond donors (Lipinski definition) is 2. The van der Waals surface area contributed by atoms with E-state index in [1.54, 1.807) is 0 Å². The first-order chi connectivity index (χ1) is 8.76. The summed E-state index contributed by atoms with van der Waals surface area (Å²) in [4.78, 5) is 6.74. The lowest BCUT2D eigenvalue weighted by atomic mass is 10.0. The van der Waals surface area contributed by atoms with E-state index < -0.39 is 0 Å². The highest BCUT2D eigenvalue weighted by atomic mass is 16.3. The Labute approximate surface area is 109 Å². The Morgan fingerprint density at radius 2 is 2.39 bits per heavy atom. The summed E-state index contributed by atoms with van der Waals surface area (Å²) in [6.07, 6.45) is 2.99. The number of likely N-dealkylation sites (tertiary alicyclic amines) is 1. The Kier molecular flexibility index (Phi) is 4.55. The van der Waals surface area contributed by atoms with Crippen molar-refractivity contribution in [2.75, 3.05) is 25.0 Å². The van der Waals surface area contributed by atoms with Gasteiger partial charge in [-0.05, 0) is 31.9 Å². The molecule has 18 heavy (non-hydrogen) atoms. The Balaban J connectivity index is 2.09. The molecule has 0 aliphatic carbocycles. The summed E-state index contributed by atoms with van der Waals surface area (Å²) in [5.74, 6) is 1.55. The summed E-state index contributed by atoms with van der Waals surface area (Å²) in [5.41, 5.74) is 1.21. The molecule has 0 radical (unpaired) electrons. The molecule has 0 spiro atoms. The minimum absolute atomic E-state index is 0.248. The maximum absolute atomic E-state index is 9.48. The minimum Gasteiger partial charge on any atom is -0.395 e. The molecule has 2 rings (SSSR count). The second-order valence-electron chi connectivity index (χ2n) is 5.03. The molecule has 2 atom stereocenters. The van der Waals surface area contributed by atoms with E-state index in [0.717, 1.165) is 25.5 Å². The van der Waals surface area contributed by atoms with Gasteiger partial charge in [-0.25, -0.2) is 4.98 Å². The molecule has 1 saturated heterocycles. The molecule has 2 unspecified atom stereocenters. The van der Waals surface area contributed by atoms with Crippen LogP contribution in [0.5, 0.6) is 0 Å². The largest absolute Gasteiger partial charge is 0.395 e. The van der Waals surface area contributed by atoms with Crippen LogP contribution in [0.1, 0.15) is 25.8 Å². The van der Waals surface area contributed by atoms with Gasteiger partial charge in [-0.3, -0.25) is 4.90 Å². The van der Waals surface area contributed by atoms with Gasteiger partial charge in [0.25, 0.3) is 0 Å². The first-order valence-electron chi connectivity index (χ1n) is 6.79. The highest BCUT2D eigenvalue weighted by molar-refractivity contribution is 5.43. The SMILES string of the molecule is CCNc1ncccc1CN1CCC(C)C1CO. The quantitative estimate of drug-likeness (QED) is 0.834. The Hall–Kier alpha value is -1.13. The Morgan fingerprint density at radius 1 is 1.56 bits per heavy atom. The van der Waals surface area contributed by atoms with Gasteiger partial charge in [0.05, 0.1) is 6.61 Å². The van der Waals surface area contributed by atoms with Crippen LogP contribution >= 0.6 is 0 Å². The maximum atomic E-state index is 9.48. The van der Waals surface area contributed by atoms with Crippen molar-refractivity contribution in [1.82, 2.24) is 9.88 Å². The highest BCUT2D eigenvalue weighted by Crippen LogP contribution is 2.26. The van der Waals surface area contributed by atoms with Crippen LogP contribution in [0, 0.1) is 5.92 Å². The molecule has 4 heteroatoms. The molecule has 1 aliphatic rings. The van der Waals surface area contributed by atoms with E-state index in [9.17, 15) is 5.11 Å². The second-order valence-corrected chi connectivity index (χ2v) is 5.03. The molecule has 1 aromatic heterocycles. The van der Waals surface area contributed by atoms with Crippen LogP contribution in [0.2, 0.25) is 0 Å². The number of aromatic nitrogens is 1. The Morgan fingerprint density at radius 3 is 3.11 bits per heavy atom. The third kappa shape index (κ3) is 2.82. The number of pyridine rings is 1. The number of nitrogens with zero attached hydrogens (tertiary/aromatic N) is 2. The van der Waals surface area contributed by atoms with Crippen molar-refractivity contribution in [1.29, 1.82) is 0 Å². The van der Waals surface area contributed by atoms with Crippen molar-refractivity contribution in [2.24, 2.45) is 5.92 Å². The van der Waals surface area contributed by atoms with Crippen LogP contribution in [0.15, 0.2) is 18.3 Å². The predicted octanol–water partition coefficient (Wildman–Crippen LogP) is 1.72. The van der Waals surface area contributed by atoms with Crippen LogP contribution in [0.4, 0.5) is 5.82 Å². The standard InChI is InChI=1S/C14H23N3O/c1-3-15-14-12(5-4-7-16-14)9-17-8-6-11(2)13(17)10-18/h4-5,7,11,13,18H,3,6,8-10H2,1-2H3,(H,15,16). The highest BCUT2D eigenvalue weighted by Gasteiger charge is 2.30. The zero-order valence-electron chi connectivity index (χ0n) is 11.3. The average molecular weight is 249 g/mol. The van der Waals surface area contributed by atoms with Crippen molar-refractivity contribution in [3.8, 4) is 0 Å². The molecule has 1 aliphatic heterocycles. The van der Waals surface area contributed by atoms with Gasteiger partial charge in [-0.2, -0.15) is 0 Å². The number of rotatable bonds is 5. The molecule has 0 saturated carbocycles. The molecule has 0 bridgehead atoms. The van der Waals surface area contributed by atoms with E-state index in [4.69, 9.17) is 0 Å². The lowest BCUT2D eigenvalue weighted by Gasteiger charge is -2.25. The first kappa shape index (κ1) is 13.3. The molecule has 1 aromatic rings. The smallest absolute Gasteiger partial charge is 0.130 e. The van der Waals surface area contributed by atoms with Crippen molar-refractivity contribution in [2.45, 2.75) is 32.9 Å². The minimum atomic E-state index is 0.248. The molecule has 4 nitrogen and oxygen atoms in total. The molecule has 2 N–H and O–H groups in total. The summed E-state index contributed by atoms with van der Waals surface area (Å²) in [7, 11) is 0. The number of nitrogens with one attached hydrogen (secondary N) is 1. The monoisotopic (exact) mass is 249 g/mol. The average Bonchev–Trinajstić information content (AvgIpc) is 2.72. The molecular weight excluding hydrogens is 226 g/mol. The van der Waals surface area contributed by atoms with E-state index in [2.05, 4.69) is 35.1 Å². The zero-order valence-corrected chi connectivity index (χ0v) is 11.3. The van der Waals surface area contributed by atoms with Crippen molar-refractivity contribution in [3.63, 3.8) is 0 Å². The molecule has 2 heterocycles. The van der Waals surface area contributed by atoms with Crippen LogP contribution in [-0.4, -0.2) is 40.7 Å². The summed E-state index contributed by atoms with van der Waals surface area (Å²) < 4.78 is 0. The summed E-state index contributed by atoms with van der Waals surface area (Å²) in [6, 6.07) is 4.38.